The lowest BCUT2D eigenvalue weighted by atomic mass is 10.2. The molecule has 0 bridgehead atoms. The van der Waals surface area contributed by atoms with Crippen molar-refractivity contribution in [1.82, 2.24) is 9.47 Å². The van der Waals surface area contributed by atoms with E-state index in [2.05, 4.69) is 0 Å². The smallest absolute Gasteiger partial charge is 0.264 e. The molecular formula is C20H19FN2O3S. The number of hydrogen-bond acceptors (Lipinski definition) is 4. The van der Waals surface area contributed by atoms with E-state index < -0.39 is 0 Å². The molecule has 5 nitrogen and oxygen atoms in total. The molecule has 0 radical (unpaired) electrons. The molecule has 0 unspecified atom stereocenters. The molecule has 1 saturated heterocycles. The molecule has 0 saturated carbocycles. The summed E-state index contributed by atoms with van der Waals surface area (Å²) in [5.41, 5.74) is 0.703. The third-order valence-electron chi connectivity index (χ3n) is 4.90. The number of carbonyl (C=O) groups excluding carboxylic acids is 1. The minimum absolute atomic E-state index is 0.0668. The van der Waals surface area contributed by atoms with E-state index in [1.54, 1.807) is 28.6 Å². The first kappa shape index (κ1) is 17.7. The molecule has 1 fully saturated rings. The highest BCUT2D eigenvalue weighted by Crippen LogP contribution is 2.28. The van der Waals surface area contributed by atoms with E-state index in [0.29, 0.717) is 30.1 Å². The Labute approximate surface area is 159 Å². The Hall–Kier alpha value is -2.67. The highest BCUT2D eigenvalue weighted by Gasteiger charge is 2.29. The Balaban J connectivity index is 1.47. The number of ether oxygens (including phenoxy) is 1. The van der Waals surface area contributed by atoms with Gasteiger partial charge in [0.05, 0.1) is 11.4 Å². The predicted molar refractivity (Wildman–Crippen MR) is 103 cm³/mol. The number of fused-ring (bicyclic) bond motifs is 1. The summed E-state index contributed by atoms with van der Waals surface area (Å²) >= 11 is 1.37. The van der Waals surface area contributed by atoms with Gasteiger partial charge in [0.2, 0.25) is 0 Å². The van der Waals surface area contributed by atoms with Gasteiger partial charge in [-0.25, -0.2) is 4.39 Å². The summed E-state index contributed by atoms with van der Waals surface area (Å²) in [6.45, 7) is 2.91. The van der Waals surface area contributed by atoms with Crippen LogP contribution in [0.2, 0.25) is 0 Å². The summed E-state index contributed by atoms with van der Waals surface area (Å²) in [7, 11) is 1.72. The molecule has 1 amide bonds. The minimum Gasteiger partial charge on any atom is -0.488 e. The Morgan fingerprint density at radius 2 is 2.07 bits per heavy atom. The maximum atomic E-state index is 13.4. The molecule has 140 valence electrons. The zero-order valence-corrected chi connectivity index (χ0v) is 15.9. The molecule has 27 heavy (non-hydrogen) atoms. The second kappa shape index (κ2) is 6.81. The number of rotatable bonds is 3. The average molecular weight is 386 g/mol. The summed E-state index contributed by atoms with van der Waals surface area (Å²) in [5.74, 6) is 0.160. The fourth-order valence-electron chi connectivity index (χ4n) is 3.28. The number of benzene rings is 1. The van der Waals surface area contributed by atoms with Crippen LogP contribution in [-0.2, 0) is 7.05 Å². The number of aromatic nitrogens is 1. The zero-order valence-electron chi connectivity index (χ0n) is 15.1. The number of halogens is 1. The van der Waals surface area contributed by atoms with E-state index >= 15 is 0 Å². The van der Waals surface area contributed by atoms with Gasteiger partial charge >= 0.3 is 0 Å². The first-order valence-corrected chi connectivity index (χ1v) is 9.55. The topological polar surface area (TPSA) is 51.5 Å². The zero-order chi connectivity index (χ0) is 19.1. The van der Waals surface area contributed by atoms with Gasteiger partial charge < -0.3 is 14.2 Å². The molecule has 1 aromatic carbocycles. The van der Waals surface area contributed by atoms with Crippen molar-refractivity contribution in [3.8, 4) is 5.75 Å². The highest BCUT2D eigenvalue weighted by atomic mass is 32.1. The second-order valence-corrected chi connectivity index (χ2v) is 7.89. The predicted octanol–water partition coefficient (Wildman–Crippen LogP) is 3.34. The van der Waals surface area contributed by atoms with Gasteiger partial charge in [0.1, 0.15) is 17.7 Å². The van der Waals surface area contributed by atoms with Crippen LogP contribution in [0.25, 0.3) is 10.1 Å². The Morgan fingerprint density at radius 1 is 1.26 bits per heavy atom. The van der Waals surface area contributed by atoms with Gasteiger partial charge in [0.15, 0.2) is 0 Å². The molecule has 4 rings (SSSR count). The standard InChI is InChI=1S/C20H19FN2O3S/c1-12-7-16(10-19(24)22(12)2)26-15-5-6-23(11-15)20(25)18-9-13-8-14(21)3-4-17(13)27-18/h3-4,7-10,15H,5-6,11H2,1-2H3/t15-/m1/s1. The van der Waals surface area contributed by atoms with E-state index in [1.807, 2.05) is 13.0 Å². The molecule has 1 aliphatic heterocycles. The quantitative estimate of drug-likeness (QED) is 0.694. The number of thiophene rings is 1. The monoisotopic (exact) mass is 386 g/mol. The first-order valence-electron chi connectivity index (χ1n) is 8.73. The number of aryl methyl sites for hydroxylation is 1. The summed E-state index contributed by atoms with van der Waals surface area (Å²) in [5, 5.41) is 0.742. The van der Waals surface area contributed by atoms with Crippen molar-refractivity contribution in [2.75, 3.05) is 13.1 Å². The summed E-state index contributed by atoms with van der Waals surface area (Å²) < 4.78 is 21.7. The third kappa shape index (κ3) is 3.47. The van der Waals surface area contributed by atoms with Gasteiger partial charge in [-0.3, -0.25) is 9.59 Å². The fourth-order valence-corrected chi connectivity index (χ4v) is 4.29. The van der Waals surface area contributed by atoms with Crippen LogP contribution in [-0.4, -0.2) is 34.6 Å². The van der Waals surface area contributed by atoms with Crippen molar-refractivity contribution in [2.45, 2.75) is 19.4 Å². The summed E-state index contributed by atoms with van der Waals surface area (Å²) in [6, 6.07) is 9.57. The molecule has 0 aliphatic carbocycles. The van der Waals surface area contributed by atoms with Gasteiger partial charge in [-0.2, -0.15) is 0 Å². The molecular weight excluding hydrogens is 367 g/mol. The Bertz CT molecular complexity index is 1090. The average Bonchev–Trinajstić information content (AvgIpc) is 3.25. The van der Waals surface area contributed by atoms with Crippen LogP contribution in [0.15, 0.2) is 41.2 Å². The first-order chi connectivity index (χ1) is 12.9. The molecule has 1 aliphatic rings. The molecule has 3 aromatic rings. The number of amides is 1. The number of hydrogen-bond donors (Lipinski definition) is 0. The maximum absolute atomic E-state index is 13.4. The Kier molecular flexibility index (Phi) is 4.47. The molecule has 0 N–H and O–H groups in total. The van der Waals surface area contributed by atoms with Crippen molar-refractivity contribution in [3.63, 3.8) is 0 Å². The van der Waals surface area contributed by atoms with Gasteiger partial charge in [-0.1, -0.05) is 0 Å². The second-order valence-electron chi connectivity index (χ2n) is 6.80. The molecule has 2 aromatic heterocycles. The number of carbonyl (C=O) groups is 1. The SMILES string of the molecule is Cc1cc(O[C@@H]2CCN(C(=O)c3cc4cc(F)ccc4s3)C2)cc(=O)n1C. The van der Waals surface area contributed by atoms with Crippen molar-refractivity contribution in [1.29, 1.82) is 0 Å². The van der Waals surface area contributed by atoms with Crippen LogP contribution in [0.3, 0.4) is 0 Å². The lowest BCUT2D eigenvalue weighted by Gasteiger charge is -2.17. The summed E-state index contributed by atoms with van der Waals surface area (Å²) in [4.78, 5) is 27.0. The van der Waals surface area contributed by atoms with Gasteiger partial charge in [-0.05, 0) is 42.6 Å². The normalized spacial score (nSPS) is 16.9. The van der Waals surface area contributed by atoms with Gasteiger partial charge in [0.25, 0.3) is 11.5 Å². The molecule has 0 spiro atoms. The van der Waals surface area contributed by atoms with Crippen LogP contribution < -0.4 is 10.3 Å². The fraction of sp³-hybridized carbons (Fsp3) is 0.300. The van der Waals surface area contributed by atoms with Crippen LogP contribution in [0.4, 0.5) is 4.39 Å². The van der Waals surface area contributed by atoms with Crippen LogP contribution in [0.1, 0.15) is 21.8 Å². The highest BCUT2D eigenvalue weighted by molar-refractivity contribution is 7.20. The molecule has 3 heterocycles. The lowest BCUT2D eigenvalue weighted by Crippen LogP contribution is -2.30. The van der Waals surface area contributed by atoms with E-state index in [-0.39, 0.29) is 23.4 Å². The van der Waals surface area contributed by atoms with Crippen molar-refractivity contribution in [2.24, 2.45) is 7.05 Å². The number of pyridine rings is 1. The van der Waals surface area contributed by atoms with Gasteiger partial charge in [0, 0.05) is 36.5 Å². The number of likely N-dealkylation sites (tertiary alicyclic amines) is 1. The van der Waals surface area contributed by atoms with Crippen LogP contribution in [0, 0.1) is 12.7 Å². The van der Waals surface area contributed by atoms with E-state index in [1.165, 1.54) is 29.5 Å². The van der Waals surface area contributed by atoms with Gasteiger partial charge in [-0.15, -0.1) is 11.3 Å². The molecule has 1 atom stereocenters. The minimum atomic E-state index is -0.307. The largest absolute Gasteiger partial charge is 0.488 e. The van der Waals surface area contributed by atoms with Crippen LogP contribution >= 0.6 is 11.3 Å². The van der Waals surface area contributed by atoms with E-state index in [9.17, 15) is 14.0 Å². The summed E-state index contributed by atoms with van der Waals surface area (Å²) in [6.07, 6.45) is 0.562. The van der Waals surface area contributed by atoms with E-state index in [0.717, 1.165) is 15.8 Å². The van der Waals surface area contributed by atoms with Crippen LogP contribution in [0.5, 0.6) is 5.75 Å². The van der Waals surface area contributed by atoms with Crippen molar-refractivity contribution in [3.05, 3.63) is 63.1 Å². The Morgan fingerprint density at radius 3 is 2.85 bits per heavy atom. The van der Waals surface area contributed by atoms with E-state index in [4.69, 9.17) is 4.74 Å². The molecule has 7 heteroatoms. The number of nitrogens with zero attached hydrogens (tertiary/aromatic N) is 2. The maximum Gasteiger partial charge on any atom is 0.264 e. The van der Waals surface area contributed by atoms with Crippen molar-refractivity contribution < 1.29 is 13.9 Å². The van der Waals surface area contributed by atoms with Crippen molar-refractivity contribution >= 4 is 27.3 Å². The lowest BCUT2D eigenvalue weighted by molar-refractivity contribution is 0.0777. The third-order valence-corrected chi connectivity index (χ3v) is 6.00.